The molecule has 1 atom stereocenters. The summed E-state index contributed by atoms with van der Waals surface area (Å²) < 4.78 is 5.40. The minimum atomic E-state index is 0.0499. The largest absolute Gasteiger partial charge is 0.378 e. The first kappa shape index (κ1) is 16.8. The molecule has 6 nitrogen and oxygen atoms in total. The number of hydrogen-bond acceptors (Lipinski definition) is 5. The number of aromatic amines is 1. The van der Waals surface area contributed by atoms with Crippen molar-refractivity contribution in [1.82, 2.24) is 14.9 Å². The third kappa shape index (κ3) is 3.96. The molecule has 2 aliphatic heterocycles. The Hall–Kier alpha value is -1.66. The molecular formula is C19H28N4O2. The Kier molecular flexibility index (Phi) is 5.17. The van der Waals surface area contributed by atoms with E-state index in [0.29, 0.717) is 13.2 Å². The molecule has 4 rings (SSSR count). The van der Waals surface area contributed by atoms with Crippen molar-refractivity contribution in [1.29, 1.82) is 0 Å². The van der Waals surface area contributed by atoms with Crippen LogP contribution in [0.5, 0.6) is 0 Å². The maximum atomic E-state index is 12.6. The van der Waals surface area contributed by atoms with E-state index < -0.39 is 0 Å². The van der Waals surface area contributed by atoms with E-state index in [1.807, 2.05) is 0 Å². The minimum Gasteiger partial charge on any atom is -0.378 e. The van der Waals surface area contributed by atoms with E-state index in [-0.39, 0.29) is 5.56 Å². The van der Waals surface area contributed by atoms with Crippen molar-refractivity contribution in [3.05, 3.63) is 33.8 Å². The number of H-pyrrole nitrogens is 1. The summed E-state index contributed by atoms with van der Waals surface area (Å²) in [6.45, 7) is 6.11. The zero-order valence-corrected chi connectivity index (χ0v) is 14.9. The van der Waals surface area contributed by atoms with E-state index in [4.69, 9.17) is 9.72 Å². The SMILES string of the molecule is O=c1[nH]c(N2CCOCC2)nc2c1CCN(C[C@H]1CC=CCC1)CC2. The Bertz CT molecular complexity index is 678. The molecule has 1 aromatic heterocycles. The predicted molar refractivity (Wildman–Crippen MR) is 98.2 cm³/mol. The molecule has 0 aromatic carbocycles. The highest BCUT2D eigenvalue weighted by Gasteiger charge is 2.23. The summed E-state index contributed by atoms with van der Waals surface area (Å²) in [6.07, 6.45) is 10.0. The lowest BCUT2D eigenvalue weighted by Crippen LogP contribution is -2.38. The van der Waals surface area contributed by atoms with Crippen LogP contribution in [0.4, 0.5) is 5.95 Å². The summed E-state index contributed by atoms with van der Waals surface area (Å²) in [5.41, 5.74) is 1.94. The van der Waals surface area contributed by atoms with E-state index in [1.54, 1.807) is 0 Å². The highest BCUT2D eigenvalue weighted by Crippen LogP contribution is 2.21. The van der Waals surface area contributed by atoms with Crippen LogP contribution in [0.25, 0.3) is 0 Å². The van der Waals surface area contributed by atoms with Gasteiger partial charge in [-0.15, -0.1) is 0 Å². The normalized spacial score (nSPS) is 24.8. The first-order chi connectivity index (χ1) is 12.3. The first-order valence-electron chi connectivity index (χ1n) is 9.62. The van der Waals surface area contributed by atoms with Gasteiger partial charge >= 0.3 is 0 Å². The van der Waals surface area contributed by atoms with E-state index in [9.17, 15) is 4.79 Å². The zero-order valence-electron chi connectivity index (χ0n) is 14.9. The predicted octanol–water partition coefficient (Wildman–Crippen LogP) is 1.36. The number of ether oxygens (including phenoxy) is 1. The van der Waals surface area contributed by atoms with Crippen molar-refractivity contribution in [3.63, 3.8) is 0 Å². The van der Waals surface area contributed by atoms with Crippen molar-refractivity contribution in [2.45, 2.75) is 32.1 Å². The maximum absolute atomic E-state index is 12.6. The van der Waals surface area contributed by atoms with Crippen molar-refractivity contribution in [2.24, 2.45) is 5.92 Å². The van der Waals surface area contributed by atoms with Crippen LogP contribution in [0.15, 0.2) is 16.9 Å². The van der Waals surface area contributed by atoms with E-state index >= 15 is 0 Å². The molecule has 3 aliphatic rings. The fourth-order valence-electron chi connectivity index (χ4n) is 4.14. The molecule has 0 spiro atoms. The van der Waals surface area contributed by atoms with Crippen LogP contribution in [0.1, 0.15) is 30.5 Å². The first-order valence-corrected chi connectivity index (χ1v) is 9.62. The molecule has 136 valence electrons. The Morgan fingerprint density at radius 3 is 2.80 bits per heavy atom. The van der Waals surface area contributed by atoms with Gasteiger partial charge in [-0.25, -0.2) is 4.98 Å². The molecule has 1 N–H and O–H groups in total. The van der Waals surface area contributed by atoms with Crippen LogP contribution in [0.2, 0.25) is 0 Å². The molecule has 1 aliphatic carbocycles. The third-order valence-electron chi connectivity index (χ3n) is 5.64. The highest BCUT2D eigenvalue weighted by molar-refractivity contribution is 5.34. The summed E-state index contributed by atoms with van der Waals surface area (Å²) in [5.74, 6) is 1.49. The second kappa shape index (κ2) is 7.70. The van der Waals surface area contributed by atoms with Gasteiger partial charge in [0.1, 0.15) is 0 Å². The fraction of sp³-hybridized carbons (Fsp3) is 0.684. The number of hydrogen-bond donors (Lipinski definition) is 1. The van der Waals surface area contributed by atoms with Gasteiger partial charge < -0.3 is 14.5 Å². The van der Waals surface area contributed by atoms with Gasteiger partial charge in [-0.05, 0) is 31.6 Å². The number of nitrogens with zero attached hydrogens (tertiary/aromatic N) is 3. The standard InChI is InChI=1S/C19H28N4O2/c24-18-16-6-8-22(14-15-4-2-1-3-5-15)9-7-17(16)20-19(21-18)23-10-12-25-13-11-23/h1-2,15H,3-14H2,(H,20,21,24)/t15-/m0/s1. The molecule has 0 unspecified atom stereocenters. The Morgan fingerprint density at radius 1 is 1.16 bits per heavy atom. The molecule has 1 fully saturated rings. The summed E-state index contributed by atoms with van der Waals surface area (Å²) in [7, 11) is 0. The molecule has 1 saturated heterocycles. The van der Waals surface area contributed by atoms with Crippen molar-refractivity contribution in [2.75, 3.05) is 50.8 Å². The van der Waals surface area contributed by atoms with Gasteiger partial charge in [-0.1, -0.05) is 12.2 Å². The molecule has 1 aromatic rings. The number of nitrogens with one attached hydrogen (secondary N) is 1. The van der Waals surface area contributed by atoms with E-state index in [1.165, 1.54) is 19.3 Å². The summed E-state index contributed by atoms with van der Waals surface area (Å²) in [5, 5.41) is 0. The molecule has 0 saturated carbocycles. The molecule has 3 heterocycles. The lowest BCUT2D eigenvalue weighted by molar-refractivity contribution is 0.122. The number of morpholine rings is 1. The van der Waals surface area contributed by atoms with Crippen LogP contribution in [0.3, 0.4) is 0 Å². The van der Waals surface area contributed by atoms with E-state index in [2.05, 4.69) is 26.9 Å². The average Bonchev–Trinajstić information content (AvgIpc) is 2.86. The van der Waals surface area contributed by atoms with Gasteiger partial charge in [-0.3, -0.25) is 9.78 Å². The van der Waals surface area contributed by atoms with Crippen LogP contribution >= 0.6 is 0 Å². The molecule has 6 heteroatoms. The van der Waals surface area contributed by atoms with E-state index in [0.717, 1.165) is 68.7 Å². The Labute approximate surface area is 148 Å². The third-order valence-corrected chi connectivity index (χ3v) is 5.64. The molecule has 0 radical (unpaired) electrons. The van der Waals surface area contributed by atoms with Crippen LogP contribution in [0, 0.1) is 5.92 Å². The van der Waals surface area contributed by atoms with Crippen LogP contribution in [-0.4, -0.2) is 60.8 Å². The van der Waals surface area contributed by atoms with Crippen LogP contribution < -0.4 is 10.5 Å². The fourth-order valence-corrected chi connectivity index (χ4v) is 4.14. The van der Waals surface area contributed by atoms with Crippen molar-refractivity contribution < 1.29 is 4.74 Å². The summed E-state index contributed by atoms with van der Waals surface area (Å²) in [4.78, 5) is 25.1. The minimum absolute atomic E-state index is 0.0499. The average molecular weight is 344 g/mol. The molecule has 0 amide bonds. The Balaban J connectivity index is 1.46. The second-order valence-corrected chi connectivity index (χ2v) is 7.37. The summed E-state index contributed by atoms with van der Waals surface area (Å²) >= 11 is 0. The quantitative estimate of drug-likeness (QED) is 0.839. The number of aromatic nitrogens is 2. The second-order valence-electron chi connectivity index (χ2n) is 7.37. The molecule has 25 heavy (non-hydrogen) atoms. The van der Waals surface area contributed by atoms with Gasteiger partial charge in [0.2, 0.25) is 5.95 Å². The summed E-state index contributed by atoms with van der Waals surface area (Å²) in [6, 6.07) is 0. The number of fused-ring (bicyclic) bond motifs is 1. The van der Waals surface area contributed by atoms with Gasteiger partial charge in [-0.2, -0.15) is 0 Å². The Morgan fingerprint density at radius 2 is 2.00 bits per heavy atom. The molecular weight excluding hydrogens is 316 g/mol. The highest BCUT2D eigenvalue weighted by atomic mass is 16.5. The van der Waals surface area contributed by atoms with Crippen molar-refractivity contribution in [3.8, 4) is 0 Å². The van der Waals surface area contributed by atoms with Crippen LogP contribution in [-0.2, 0) is 17.6 Å². The lowest BCUT2D eigenvalue weighted by atomic mass is 9.94. The van der Waals surface area contributed by atoms with Gasteiger partial charge in [0, 0.05) is 44.7 Å². The lowest BCUT2D eigenvalue weighted by Gasteiger charge is -2.27. The number of rotatable bonds is 3. The zero-order chi connectivity index (χ0) is 17.1. The monoisotopic (exact) mass is 344 g/mol. The van der Waals surface area contributed by atoms with Gasteiger partial charge in [0.05, 0.1) is 18.9 Å². The maximum Gasteiger partial charge on any atom is 0.255 e. The molecule has 0 bridgehead atoms. The smallest absolute Gasteiger partial charge is 0.255 e. The van der Waals surface area contributed by atoms with Gasteiger partial charge in [0.15, 0.2) is 0 Å². The van der Waals surface area contributed by atoms with Gasteiger partial charge in [0.25, 0.3) is 5.56 Å². The number of allylic oxidation sites excluding steroid dienone is 2. The number of anilines is 1. The van der Waals surface area contributed by atoms with Crippen molar-refractivity contribution >= 4 is 5.95 Å². The topological polar surface area (TPSA) is 61.5 Å².